The zero-order chi connectivity index (χ0) is 4.41. The van der Waals surface area contributed by atoms with Crippen molar-refractivity contribution in [3.8, 4) is 0 Å². The van der Waals surface area contributed by atoms with Crippen LogP contribution in [-0.2, 0) is 0 Å². The summed E-state index contributed by atoms with van der Waals surface area (Å²) in [6, 6.07) is 0. The summed E-state index contributed by atoms with van der Waals surface area (Å²) >= 11 is 5.77. The van der Waals surface area contributed by atoms with E-state index in [9.17, 15) is 0 Å². The lowest BCUT2D eigenvalue weighted by molar-refractivity contribution is 0.771. The van der Waals surface area contributed by atoms with Crippen molar-refractivity contribution in [3.63, 3.8) is 0 Å². The van der Waals surface area contributed by atoms with Crippen molar-refractivity contribution in [3.05, 3.63) is 11.6 Å². The predicted molar refractivity (Wildman–Crippen MR) is 32.4 cm³/mol. The van der Waals surface area contributed by atoms with Crippen LogP contribution in [0.1, 0.15) is 0 Å². The maximum atomic E-state index is 4.02. The van der Waals surface area contributed by atoms with Crippen LogP contribution in [-0.4, -0.2) is 10.2 Å². The van der Waals surface area contributed by atoms with Crippen LogP contribution in [0.25, 0.3) is 0 Å². The fourth-order valence-electron chi connectivity index (χ4n) is 0.276. The van der Waals surface area contributed by atoms with Crippen molar-refractivity contribution in [2.45, 2.75) is 0 Å². The molecule has 0 bridgehead atoms. The van der Waals surface area contributed by atoms with Gasteiger partial charge in [-0.05, 0) is 5.41 Å². The van der Waals surface area contributed by atoms with Crippen molar-refractivity contribution in [1.29, 1.82) is 0 Å². The molecule has 1 rings (SSSR count). The number of nitrogens with zero attached hydrogens (tertiary/aromatic N) is 1. The van der Waals surface area contributed by atoms with E-state index in [1.54, 1.807) is 11.8 Å². The van der Waals surface area contributed by atoms with E-state index in [1.165, 1.54) is 0 Å². The largest absolute Gasteiger partial charge is 0.315 e. The second-order valence-corrected chi connectivity index (χ2v) is 2.40. The zero-order valence-corrected chi connectivity index (χ0v) is 4.88. The summed E-state index contributed by atoms with van der Waals surface area (Å²) in [7, 11) is 0. The first-order valence-electron chi connectivity index (χ1n) is 1.63. The van der Waals surface area contributed by atoms with Crippen molar-refractivity contribution in [1.82, 2.24) is 4.31 Å². The third-order valence-corrected chi connectivity index (χ3v) is 1.74. The van der Waals surface area contributed by atoms with Crippen LogP contribution in [0.3, 0.4) is 0 Å². The molecule has 1 heterocycles. The SMILES string of the molecule is SN1C=CSC1. The third kappa shape index (κ3) is 0.849. The van der Waals surface area contributed by atoms with E-state index < -0.39 is 0 Å². The van der Waals surface area contributed by atoms with E-state index in [0.29, 0.717) is 0 Å². The summed E-state index contributed by atoms with van der Waals surface area (Å²) in [5.41, 5.74) is 0. The molecule has 0 radical (unpaired) electrons. The second-order valence-electron chi connectivity index (χ2n) is 1.02. The number of hydrogen-bond donors (Lipinski definition) is 1. The smallest absolute Gasteiger partial charge is 0.0782 e. The van der Waals surface area contributed by atoms with Crippen LogP contribution in [0.2, 0.25) is 0 Å². The summed E-state index contributed by atoms with van der Waals surface area (Å²) in [5, 5.41) is 2.02. The van der Waals surface area contributed by atoms with Crippen LogP contribution >= 0.6 is 24.6 Å². The molecule has 0 aromatic rings. The van der Waals surface area contributed by atoms with Crippen LogP contribution in [0.4, 0.5) is 0 Å². The molecule has 0 saturated carbocycles. The molecule has 0 saturated heterocycles. The summed E-state index contributed by atoms with van der Waals surface area (Å²) in [5.74, 6) is 0.989. The van der Waals surface area contributed by atoms with Gasteiger partial charge >= 0.3 is 0 Å². The first-order valence-corrected chi connectivity index (χ1v) is 3.08. The van der Waals surface area contributed by atoms with Gasteiger partial charge in [-0.1, -0.05) is 12.8 Å². The molecule has 0 amide bonds. The van der Waals surface area contributed by atoms with Gasteiger partial charge in [-0.25, -0.2) is 0 Å². The molecule has 0 fully saturated rings. The van der Waals surface area contributed by atoms with Gasteiger partial charge in [0, 0.05) is 6.20 Å². The van der Waals surface area contributed by atoms with E-state index in [-0.39, 0.29) is 0 Å². The standard InChI is InChI=1S/C3H5NS2/c5-4-1-2-6-3-4/h1-2,5H,3H2. The van der Waals surface area contributed by atoms with Gasteiger partial charge in [0.2, 0.25) is 0 Å². The minimum Gasteiger partial charge on any atom is -0.315 e. The van der Waals surface area contributed by atoms with Crippen LogP contribution in [0, 0.1) is 0 Å². The Morgan fingerprint density at radius 2 is 2.67 bits per heavy atom. The maximum absolute atomic E-state index is 4.02. The molecule has 1 aliphatic rings. The summed E-state index contributed by atoms with van der Waals surface area (Å²) < 4.78 is 1.84. The lowest BCUT2D eigenvalue weighted by Gasteiger charge is -1.99. The number of thiol groups is 1. The molecule has 0 N–H and O–H groups in total. The molecule has 0 aromatic heterocycles. The molecule has 0 aromatic carbocycles. The molecule has 0 atom stereocenters. The number of rotatable bonds is 0. The first-order chi connectivity index (χ1) is 2.89. The Bertz CT molecular complexity index is 71.2. The minimum atomic E-state index is 0.989. The van der Waals surface area contributed by atoms with Gasteiger partial charge in [0.15, 0.2) is 0 Å². The third-order valence-electron chi connectivity index (χ3n) is 0.536. The average molecular weight is 119 g/mol. The monoisotopic (exact) mass is 119 g/mol. The molecule has 0 unspecified atom stereocenters. The fraction of sp³-hybridized carbons (Fsp3) is 0.333. The summed E-state index contributed by atoms with van der Waals surface area (Å²) in [4.78, 5) is 0. The lowest BCUT2D eigenvalue weighted by atomic mass is 11.0. The first kappa shape index (κ1) is 4.40. The van der Waals surface area contributed by atoms with E-state index in [2.05, 4.69) is 12.8 Å². The average Bonchev–Trinajstić information content (AvgIpc) is 1.86. The molecule has 0 aliphatic carbocycles. The minimum absolute atomic E-state index is 0.989. The highest BCUT2D eigenvalue weighted by atomic mass is 32.2. The maximum Gasteiger partial charge on any atom is 0.0782 e. The lowest BCUT2D eigenvalue weighted by Crippen LogP contribution is -1.93. The Morgan fingerprint density at radius 1 is 1.83 bits per heavy atom. The molecule has 0 spiro atoms. The van der Waals surface area contributed by atoms with Crippen molar-refractivity contribution in [2.24, 2.45) is 0 Å². The normalized spacial score (nSPS) is 19.8. The van der Waals surface area contributed by atoms with Gasteiger partial charge < -0.3 is 4.31 Å². The van der Waals surface area contributed by atoms with Gasteiger partial charge in [0.25, 0.3) is 0 Å². The predicted octanol–water partition coefficient (Wildman–Crippen LogP) is 1.31. The molecule has 6 heavy (non-hydrogen) atoms. The van der Waals surface area contributed by atoms with Gasteiger partial charge in [0.05, 0.1) is 5.88 Å². The van der Waals surface area contributed by atoms with E-state index in [1.807, 2.05) is 15.9 Å². The molecule has 1 nitrogen and oxygen atoms in total. The van der Waals surface area contributed by atoms with Gasteiger partial charge in [0.1, 0.15) is 0 Å². The van der Waals surface area contributed by atoms with Gasteiger partial charge in [-0.15, -0.1) is 11.8 Å². The summed E-state index contributed by atoms with van der Waals surface area (Å²) in [6.07, 6.45) is 1.94. The number of hydrogen-bond acceptors (Lipinski definition) is 3. The topological polar surface area (TPSA) is 3.24 Å². The Hall–Kier alpha value is 0.240. The van der Waals surface area contributed by atoms with E-state index in [4.69, 9.17) is 0 Å². The Kier molecular flexibility index (Phi) is 1.32. The highest BCUT2D eigenvalue weighted by Gasteiger charge is 1.94. The quantitative estimate of drug-likeness (QED) is 0.479. The van der Waals surface area contributed by atoms with Crippen LogP contribution in [0.15, 0.2) is 11.6 Å². The highest BCUT2D eigenvalue weighted by molar-refractivity contribution is 8.02. The molecular formula is C3H5NS2. The van der Waals surface area contributed by atoms with Crippen molar-refractivity contribution >= 4 is 24.6 Å². The summed E-state index contributed by atoms with van der Waals surface area (Å²) in [6.45, 7) is 0. The van der Waals surface area contributed by atoms with Crippen LogP contribution in [0.5, 0.6) is 0 Å². The highest BCUT2D eigenvalue weighted by Crippen LogP contribution is 2.15. The van der Waals surface area contributed by atoms with Crippen molar-refractivity contribution in [2.75, 3.05) is 5.88 Å². The van der Waals surface area contributed by atoms with E-state index in [0.717, 1.165) is 5.88 Å². The molecule has 34 valence electrons. The molecule has 1 aliphatic heterocycles. The Morgan fingerprint density at radius 3 is 2.83 bits per heavy atom. The van der Waals surface area contributed by atoms with Crippen LogP contribution < -0.4 is 0 Å². The Balaban J connectivity index is 2.38. The number of thioether (sulfide) groups is 1. The van der Waals surface area contributed by atoms with E-state index >= 15 is 0 Å². The molecular weight excluding hydrogens is 114 g/mol. The van der Waals surface area contributed by atoms with Gasteiger partial charge in [-0.3, -0.25) is 0 Å². The van der Waals surface area contributed by atoms with Crippen molar-refractivity contribution < 1.29 is 0 Å². The molecule has 3 heteroatoms. The fourth-order valence-corrected chi connectivity index (χ4v) is 1.19. The van der Waals surface area contributed by atoms with Gasteiger partial charge in [-0.2, -0.15) is 0 Å². The second kappa shape index (κ2) is 1.80. The zero-order valence-electron chi connectivity index (χ0n) is 3.16. The Labute approximate surface area is 46.9 Å².